The van der Waals surface area contributed by atoms with Crippen molar-refractivity contribution in [3.05, 3.63) is 0 Å². The Morgan fingerprint density at radius 1 is 1.33 bits per heavy atom. The predicted molar refractivity (Wildman–Crippen MR) is 76.5 cm³/mol. The van der Waals surface area contributed by atoms with Crippen LogP contribution in [0.25, 0.3) is 0 Å². The van der Waals surface area contributed by atoms with Gasteiger partial charge in [0.25, 0.3) is 0 Å². The molecule has 0 bridgehead atoms. The minimum Gasteiger partial charge on any atom is -0.466 e. The third kappa shape index (κ3) is 5.02. The number of esters is 1. The minimum atomic E-state index is -0.656. The predicted octanol–water partition coefficient (Wildman–Crippen LogP) is 2.36. The Balaban J connectivity index is 2.75. The van der Waals surface area contributed by atoms with Gasteiger partial charge in [-0.15, -0.1) is 0 Å². The van der Waals surface area contributed by atoms with Crippen molar-refractivity contribution >= 4 is 18.0 Å². The molecule has 0 aliphatic carbocycles. The molecule has 0 aromatic carbocycles. The number of rotatable bonds is 3. The SMILES string of the molecule is CCOC(=O)C[C@@H]1C(=O)N(C(=O)OC(C)(C)C)CC[C@@H]1C. The second-order valence-electron chi connectivity index (χ2n) is 6.35. The molecular formula is C15H25NO5. The first kappa shape index (κ1) is 17.5. The Labute approximate surface area is 125 Å². The van der Waals surface area contributed by atoms with E-state index in [1.165, 1.54) is 0 Å². The van der Waals surface area contributed by atoms with Gasteiger partial charge in [0.15, 0.2) is 0 Å². The molecule has 21 heavy (non-hydrogen) atoms. The number of hydrogen-bond donors (Lipinski definition) is 0. The number of carbonyl (C=O) groups is 3. The number of ether oxygens (including phenoxy) is 2. The molecule has 0 radical (unpaired) electrons. The number of likely N-dealkylation sites (tertiary alicyclic amines) is 1. The summed E-state index contributed by atoms with van der Waals surface area (Å²) < 4.78 is 10.1. The largest absolute Gasteiger partial charge is 0.466 e. The van der Waals surface area contributed by atoms with Gasteiger partial charge in [-0.3, -0.25) is 9.59 Å². The monoisotopic (exact) mass is 299 g/mol. The van der Waals surface area contributed by atoms with Crippen LogP contribution in [0.5, 0.6) is 0 Å². The Bertz CT molecular complexity index is 413. The number of hydrogen-bond acceptors (Lipinski definition) is 5. The molecule has 6 nitrogen and oxygen atoms in total. The molecule has 0 N–H and O–H groups in total. The van der Waals surface area contributed by atoms with E-state index in [4.69, 9.17) is 9.47 Å². The van der Waals surface area contributed by atoms with E-state index in [2.05, 4.69) is 0 Å². The number of carbonyl (C=O) groups excluding carboxylic acids is 3. The maximum absolute atomic E-state index is 12.4. The van der Waals surface area contributed by atoms with Gasteiger partial charge in [-0.1, -0.05) is 6.92 Å². The Morgan fingerprint density at radius 3 is 2.48 bits per heavy atom. The van der Waals surface area contributed by atoms with Crippen LogP contribution in [0.2, 0.25) is 0 Å². The molecule has 120 valence electrons. The van der Waals surface area contributed by atoms with Crippen LogP contribution in [0.1, 0.15) is 47.5 Å². The van der Waals surface area contributed by atoms with E-state index < -0.39 is 23.6 Å². The van der Waals surface area contributed by atoms with E-state index in [1.807, 2.05) is 6.92 Å². The van der Waals surface area contributed by atoms with Gasteiger partial charge >= 0.3 is 12.1 Å². The summed E-state index contributed by atoms with van der Waals surface area (Å²) in [5.41, 5.74) is -0.656. The lowest BCUT2D eigenvalue weighted by Crippen LogP contribution is -2.50. The van der Waals surface area contributed by atoms with Gasteiger partial charge in [0.1, 0.15) is 5.60 Å². The average molecular weight is 299 g/mol. The zero-order chi connectivity index (χ0) is 16.2. The van der Waals surface area contributed by atoms with Crippen LogP contribution in [0.4, 0.5) is 4.79 Å². The normalized spacial score (nSPS) is 22.9. The van der Waals surface area contributed by atoms with Crippen LogP contribution >= 0.6 is 0 Å². The quantitative estimate of drug-likeness (QED) is 0.748. The molecule has 1 saturated heterocycles. The third-order valence-electron chi connectivity index (χ3n) is 3.38. The van der Waals surface area contributed by atoms with Crippen molar-refractivity contribution in [3.63, 3.8) is 0 Å². The fourth-order valence-electron chi connectivity index (χ4n) is 2.27. The first-order valence-corrected chi connectivity index (χ1v) is 7.35. The molecule has 0 saturated carbocycles. The third-order valence-corrected chi connectivity index (χ3v) is 3.38. The van der Waals surface area contributed by atoms with Crippen LogP contribution in [-0.4, -0.2) is 41.6 Å². The minimum absolute atomic E-state index is 0.00708. The molecule has 0 spiro atoms. The highest BCUT2D eigenvalue weighted by atomic mass is 16.6. The second kappa shape index (κ2) is 6.91. The summed E-state index contributed by atoms with van der Waals surface area (Å²) in [7, 11) is 0. The fourth-order valence-corrected chi connectivity index (χ4v) is 2.27. The lowest BCUT2D eigenvalue weighted by Gasteiger charge is -2.35. The summed E-state index contributed by atoms with van der Waals surface area (Å²) in [5, 5.41) is 0. The van der Waals surface area contributed by atoms with Gasteiger partial charge < -0.3 is 9.47 Å². The lowest BCUT2D eigenvalue weighted by atomic mass is 9.84. The Kier molecular flexibility index (Phi) is 5.75. The standard InChI is InChI=1S/C15H25NO5/c1-6-20-12(17)9-11-10(2)7-8-16(13(11)18)14(19)21-15(3,4)5/h10-11H,6-9H2,1-5H3/t10-,11-/m0/s1. The summed E-state index contributed by atoms with van der Waals surface area (Å²) in [5.74, 6) is -1.24. The molecular weight excluding hydrogens is 274 g/mol. The van der Waals surface area contributed by atoms with E-state index in [0.29, 0.717) is 13.0 Å². The van der Waals surface area contributed by atoms with E-state index >= 15 is 0 Å². The smallest absolute Gasteiger partial charge is 0.417 e. The van der Waals surface area contributed by atoms with Crippen molar-refractivity contribution in [2.24, 2.45) is 11.8 Å². The molecule has 1 aliphatic rings. The molecule has 0 aromatic rings. The van der Waals surface area contributed by atoms with Gasteiger partial charge in [-0.05, 0) is 40.0 Å². The van der Waals surface area contributed by atoms with Crippen molar-refractivity contribution in [2.75, 3.05) is 13.2 Å². The van der Waals surface area contributed by atoms with E-state index in [9.17, 15) is 14.4 Å². The molecule has 1 rings (SSSR count). The van der Waals surface area contributed by atoms with Crippen molar-refractivity contribution in [1.29, 1.82) is 0 Å². The van der Waals surface area contributed by atoms with Gasteiger partial charge in [-0.25, -0.2) is 9.69 Å². The molecule has 1 fully saturated rings. The number of amides is 2. The van der Waals surface area contributed by atoms with E-state index in [1.54, 1.807) is 27.7 Å². The molecule has 1 aliphatic heterocycles. The molecule has 2 amide bonds. The van der Waals surface area contributed by atoms with Crippen LogP contribution in [0, 0.1) is 11.8 Å². The molecule has 0 aromatic heterocycles. The number of nitrogens with zero attached hydrogens (tertiary/aromatic N) is 1. The lowest BCUT2D eigenvalue weighted by molar-refractivity contribution is -0.151. The highest BCUT2D eigenvalue weighted by Gasteiger charge is 2.40. The van der Waals surface area contributed by atoms with E-state index in [-0.39, 0.29) is 24.9 Å². The first-order valence-electron chi connectivity index (χ1n) is 7.35. The molecule has 2 atom stereocenters. The highest BCUT2D eigenvalue weighted by molar-refractivity contribution is 5.95. The van der Waals surface area contributed by atoms with Gasteiger partial charge in [-0.2, -0.15) is 0 Å². The van der Waals surface area contributed by atoms with Gasteiger partial charge in [0.05, 0.1) is 18.9 Å². The highest BCUT2D eigenvalue weighted by Crippen LogP contribution is 2.28. The van der Waals surface area contributed by atoms with Crippen molar-refractivity contribution in [2.45, 2.75) is 53.1 Å². The van der Waals surface area contributed by atoms with Crippen molar-refractivity contribution in [3.8, 4) is 0 Å². The van der Waals surface area contributed by atoms with Crippen molar-refractivity contribution < 1.29 is 23.9 Å². The Hall–Kier alpha value is -1.59. The molecule has 6 heteroatoms. The van der Waals surface area contributed by atoms with Crippen molar-refractivity contribution in [1.82, 2.24) is 4.90 Å². The summed E-state index contributed by atoms with van der Waals surface area (Å²) in [6.45, 7) is 9.48. The average Bonchev–Trinajstić information content (AvgIpc) is 2.32. The van der Waals surface area contributed by atoms with Crippen LogP contribution in [-0.2, 0) is 19.1 Å². The fraction of sp³-hybridized carbons (Fsp3) is 0.800. The maximum Gasteiger partial charge on any atom is 0.417 e. The zero-order valence-electron chi connectivity index (χ0n) is 13.5. The van der Waals surface area contributed by atoms with E-state index in [0.717, 1.165) is 4.90 Å². The van der Waals surface area contributed by atoms with Crippen LogP contribution in [0.3, 0.4) is 0 Å². The summed E-state index contributed by atoms with van der Waals surface area (Å²) in [6, 6.07) is 0. The zero-order valence-corrected chi connectivity index (χ0v) is 13.5. The Morgan fingerprint density at radius 2 is 1.95 bits per heavy atom. The maximum atomic E-state index is 12.4. The van der Waals surface area contributed by atoms with Gasteiger partial charge in [0.2, 0.25) is 5.91 Å². The number of piperidine rings is 1. The van der Waals surface area contributed by atoms with Crippen LogP contribution in [0.15, 0.2) is 0 Å². The summed E-state index contributed by atoms with van der Waals surface area (Å²) in [4.78, 5) is 37.2. The molecule has 1 heterocycles. The van der Waals surface area contributed by atoms with Gasteiger partial charge in [0, 0.05) is 6.54 Å². The molecule has 0 unspecified atom stereocenters. The summed E-state index contributed by atoms with van der Waals surface area (Å²) >= 11 is 0. The first-order chi connectivity index (χ1) is 9.65. The second-order valence-corrected chi connectivity index (χ2v) is 6.35. The van der Waals surface area contributed by atoms with Crippen LogP contribution < -0.4 is 0 Å². The number of imide groups is 1. The summed E-state index contributed by atoms with van der Waals surface area (Å²) in [6.07, 6.45) is 0.0237. The topological polar surface area (TPSA) is 72.9 Å².